The molecular weight excluding hydrogens is 265 g/mol. The molecule has 0 amide bonds. The van der Waals surface area contributed by atoms with Crippen molar-refractivity contribution in [1.29, 1.82) is 0 Å². The molecule has 0 saturated heterocycles. The van der Waals surface area contributed by atoms with E-state index in [0.29, 0.717) is 23.8 Å². The van der Waals surface area contributed by atoms with Crippen LogP contribution in [0.1, 0.15) is 22.6 Å². The van der Waals surface area contributed by atoms with Crippen molar-refractivity contribution in [3.63, 3.8) is 0 Å². The summed E-state index contributed by atoms with van der Waals surface area (Å²) in [4.78, 5) is 0. The second-order valence-corrected chi connectivity index (χ2v) is 5.06. The second-order valence-electron chi connectivity index (χ2n) is 5.06. The van der Waals surface area contributed by atoms with Gasteiger partial charge in [-0.15, -0.1) is 0 Å². The first-order chi connectivity index (χ1) is 10.3. The fourth-order valence-corrected chi connectivity index (χ4v) is 2.57. The van der Waals surface area contributed by atoms with Crippen molar-refractivity contribution in [3.8, 4) is 17.6 Å². The lowest BCUT2D eigenvalue weighted by Crippen LogP contribution is -2.23. The van der Waals surface area contributed by atoms with Crippen LogP contribution in [-0.2, 0) is 6.42 Å². The maximum atomic E-state index is 13.3. The Morgan fingerprint density at radius 2 is 2.10 bits per heavy atom. The van der Waals surface area contributed by atoms with E-state index in [9.17, 15) is 4.39 Å². The van der Waals surface area contributed by atoms with Crippen molar-refractivity contribution < 1.29 is 9.13 Å². The quantitative estimate of drug-likeness (QED) is 0.878. The zero-order valence-electron chi connectivity index (χ0n) is 11.6. The van der Waals surface area contributed by atoms with Crippen molar-refractivity contribution in [2.45, 2.75) is 12.3 Å². The van der Waals surface area contributed by atoms with Crippen LogP contribution in [0.4, 0.5) is 4.39 Å². The van der Waals surface area contributed by atoms with E-state index in [1.165, 1.54) is 23.3 Å². The smallest absolute Gasteiger partial charge is 0.135 e. The molecule has 0 saturated carbocycles. The Kier molecular flexibility index (Phi) is 3.89. The summed E-state index contributed by atoms with van der Waals surface area (Å²) in [7, 11) is 0. The first kappa shape index (κ1) is 13.7. The summed E-state index contributed by atoms with van der Waals surface area (Å²) in [5.74, 6) is 6.28. The molecule has 0 fully saturated rings. The van der Waals surface area contributed by atoms with E-state index in [2.05, 4.69) is 30.0 Å². The molecule has 1 aliphatic rings. The minimum Gasteiger partial charge on any atom is -0.492 e. The fraction of sp³-hybridized carbons (Fsp3) is 0.222. The molecule has 0 aromatic heterocycles. The minimum absolute atomic E-state index is 0.242. The number of fused-ring (bicyclic) bond motifs is 1. The summed E-state index contributed by atoms with van der Waals surface area (Å²) < 4.78 is 19.1. The molecule has 0 radical (unpaired) electrons. The average Bonchev–Trinajstić information content (AvgIpc) is 2.47. The highest BCUT2D eigenvalue weighted by Crippen LogP contribution is 2.35. The monoisotopic (exact) mass is 281 g/mol. The van der Waals surface area contributed by atoms with E-state index in [-0.39, 0.29) is 12.4 Å². The van der Waals surface area contributed by atoms with Gasteiger partial charge in [0.2, 0.25) is 0 Å². The maximum absolute atomic E-state index is 13.3. The molecule has 1 atom stereocenters. The molecule has 106 valence electrons. The van der Waals surface area contributed by atoms with Gasteiger partial charge in [-0.2, -0.15) is 0 Å². The Morgan fingerprint density at radius 3 is 2.90 bits per heavy atom. The summed E-state index contributed by atoms with van der Waals surface area (Å²) in [6.45, 7) is 0.825. The Bertz CT molecular complexity index is 715. The number of ether oxygens (including phenoxy) is 1. The van der Waals surface area contributed by atoms with Gasteiger partial charge in [0.05, 0.1) is 18.7 Å². The van der Waals surface area contributed by atoms with E-state index < -0.39 is 0 Å². The molecule has 0 spiro atoms. The Hall–Kier alpha value is -2.31. The van der Waals surface area contributed by atoms with E-state index in [4.69, 9.17) is 10.5 Å². The molecule has 2 nitrogen and oxygen atoms in total. The van der Waals surface area contributed by atoms with Gasteiger partial charge >= 0.3 is 0 Å². The third-order valence-corrected chi connectivity index (χ3v) is 3.67. The van der Waals surface area contributed by atoms with E-state index in [0.717, 1.165) is 6.42 Å². The predicted octanol–water partition coefficient (Wildman–Crippen LogP) is 2.85. The summed E-state index contributed by atoms with van der Waals surface area (Å²) in [5.41, 5.74) is 8.64. The second kappa shape index (κ2) is 5.99. The molecule has 1 unspecified atom stereocenters. The van der Waals surface area contributed by atoms with Crippen LogP contribution in [0, 0.1) is 17.7 Å². The Balaban J connectivity index is 1.72. The Morgan fingerprint density at radius 1 is 1.24 bits per heavy atom. The SMILES string of the molecule is NCC#Cc1cc(F)ccc1OCC1Cc2ccccc21. The van der Waals surface area contributed by atoms with Crippen molar-refractivity contribution in [2.24, 2.45) is 5.73 Å². The highest BCUT2D eigenvalue weighted by atomic mass is 19.1. The van der Waals surface area contributed by atoms with Crippen LogP contribution in [-0.4, -0.2) is 13.2 Å². The topological polar surface area (TPSA) is 35.2 Å². The van der Waals surface area contributed by atoms with Gasteiger partial charge in [0.1, 0.15) is 11.6 Å². The molecule has 0 bridgehead atoms. The van der Waals surface area contributed by atoms with Crippen LogP contribution in [0.25, 0.3) is 0 Å². The minimum atomic E-state index is -0.322. The van der Waals surface area contributed by atoms with Gasteiger partial charge in [-0.1, -0.05) is 36.1 Å². The van der Waals surface area contributed by atoms with E-state index in [1.807, 2.05) is 6.07 Å². The Labute approximate surface area is 123 Å². The van der Waals surface area contributed by atoms with Gasteiger partial charge in [-0.25, -0.2) is 4.39 Å². The van der Waals surface area contributed by atoms with Crippen LogP contribution >= 0.6 is 0 Å². The number of hydrogen-bond acceptors (Lipinski definition) is 2. The van der Waals surface area contributed by atoms with Crippen molar-refractivity contribution >= 4 is 0 Å². The third-order valence-electron chi connectivity index (χ3n) is 3.67. The number of hydrogen-bond donors (Lipinski definition) is 1. The number of rotatable bonds is 3. The van der Waals surface area contributed by atoms with Gasteiger partial charge in [0, 0.05) is 5.92 Å². The lowest BCUT2D eigenvalue weighted by Gasteiger charge is -2.30. The molecule has 2 aromatic rings. The van der Waals surface area contributed by atoms with Gasteiger partial charge in [0.15, 0.2) is 0 Å². The van der Waals surface area contributed by atoms with E-state index in [1.54, 1.807) is 6.07 Å². The summed E-state index contributed by atoms with van der Waals surface area (Å²) in [5, 5.41) is 0. The van der Waals surface area contributed by atoms with Crippen LogP contribution in [0.15, 0.2) is 42.5 Å². The maximum Gasteiger partial charge on any atom is 0.135 e. The van der Waals surface area contributed by atoms with Crippen molar-refractivity contribution in [2.75, 3.05) is 13.2 Å². The highest BCUT2D eigenvalue weighted by Gasteiger charge is 2.26. The molecule has 2 N–H and O–H groups in total. The van der Waals surface area contributed by atoms with Crippen molar-refractivity contribution in [3.05, 3.63) is 65.0 Å². The molecule has 3 heteroatoms. The zero-order valence-corrected chi connectivity index (χ0v) is 11.6. The van der Waals surface area contributed by atoms with Gasteiger partial charge in [-0.05, 0) is 35.7 Å². The molecule has 21 heavy (non-hydrogen) atoms. The van der Waals surface area contributed by atoms with Crippen LogP contribution in [0.3, 0.4) is 0 Å². The number of nitrogens with two attached hydrogens (primary N) is 1. The van der Waals surface area contributed by atoms with Gasteiger partial charge in [-0.3, -0.25) is 0 Å². The lowest BCUT2D eigenvalue weighted by atomic mass is 9.78. The molecule has 3 rings (SSSR count). The van der Waals surface area contributed by atoms with Crippen LogP contribution < -0.4 is 10.5 Å². The molecule has 0 heterocycles. The van der Waals surface area contributed by atoms with E-state index >= 15 is 0 Å². The first-order valence-electron chi connectivity index (χ1n) is 6.97. The summed E-state index contributed by atoms with van der Waals surface area (Å²) in [6.07, 6.45) is 1.03. The third kappa shape index (κ3) is 2.91. The molecule has 2 aromatic carbocycles. The fourth-order valence-electron chi connectivity index (χ4n) is 2.57. The average molecular weight is 281 g/mol. The molecular formula is C18H16FNO. The highest BCUT2D eigenvalue weighted by molar-refractivity contribution is 5.47. The van der Waals surface area contributed by atoms with Gasteiger partial charge in [0.25, 0.3) is 0 Å². The van der Waals surface area contributed by atoms with Crippen molar-refractivity contribution in [1.82, 2.24) is 0 Å². The van der Waals surface area contributed by atoms with Crippen LogP contribution in [0.2, 0.25) is 0 Å². The number of benzene rings is 2. The number of halogens is 1. The largest absolute Gasteiger partial charge is 0.492 e. The standard InChI is InChI=1S/C18H16FNO/c19-16-7-8-18(14(11-16)5-3-9-20)21-12-15-10-13-4-1-2-6-17(13)15/h1-2,4,6-8,11,15H,9-10,12,20H2. The molecule has 0 aliphatic heterocycles. The molecule has 1 aliphatic carbocycles. The van der Waals surface area contributed by atoms with Gasteiger partial charge < -0.3 is 10.5 Å². The zero-order chi connectivity index (χ0) is 14.7. The normalized spacial score (nSPS) is 15.4. The summed E-state index contributed by atoms with van der Waals surface area (Å²) >= 11 is 0. The first-order valence-corrected chi connectivity index (χ1v) is 6.97. The van der Waals surface area contributed by atoms with Crippen LogP contribution in [0.5, 0.6) is 5.75 Å². The summed E-state index contributed by atoms with van der Waals surface area (Å²) in [6, 6.07) is 12.8. The lowest BCUT2D eigenvalue weighted by molar-refractivity contribution is 0.274. The predicted molar refractivity (Wildman–Crippen MR) is 80.7 cm³/mol.